The highest BCUT2D eigenvalue weighted by Gasteiger charge is 2.22. The molecule has 1 saturated heterocycles. The van der Waals surface area contributed by atoms with E-state index in [9.17, 15) is 9.59 Å². The van der Waals surface area contributed by atoms with Crippen molar-refractivity contribution in [2.75, 3.05) is 37.6 Å². The largest absolute Gasteiger partial charge is 0.487 e. The van der Waals surface area contributed by atoms with Gasteiger partial charge in [-0.25, -0.2) is 4.98 Å². The van der Waals surface area contributed by atoms with Crippen LogP contribution in [0.2, 0.25) is 0 Å². The van der Waals surface area contributed by atoms with Gasteiger partial charge in [0.25, 0.3) is 5.91 Å². The van der Waals surface area contributed by atoms with Crippen LogP contribution in [0.25, 0.3) is 0 Å². The second kappa shape index (κ2) is 10.6. The molecule has 4 rings (SSSR count). The van der Waals surface area contributed by atoms with Gasteiger partial charge in [0.05, 0.1) is 18.3 Å². The van der Waals surface area contributed by atoms with E-state index in [0.29, 0.717) is 38.3 Å². The second-order valence-corrected chi connectivity index (χ2v) is 7.93. The summed E-state index contributed by atoms with van der Waals surface area (Å²) in [6.07, 6.45) is 4.91. The van der Waals surface area contributed by atoms with E-state index >= 15 is 0 Å². The summed E-state index contributed by atoms with van der Waals surface area (Å²) in [5.74, 6) is 1.18. The Hall–Kier alpha value is -3.94. The molecule has 0 radical (unpaired) electrons. The molecule has 2 aromatic heterocycles. The number of carbonyl (C=O) groups is 2. The van der Waals surface area contributed by atoms with Crippen LogP contribution in [0.15, 0.2) is 67.1 Å². The Balaban J connectivity index is 1.22. The molecule has 1 aliphatic heterocycles. The summed E-state index contributed by atoms with van der Waals surface area (Å²) in [6, 6.07) is 15.6. The number of ether oxygens (including phenoxy) is 1. The maximum Gasteiger partial charge on any atom is 0.253 e. The highest BCUT2D eigenvalue weighted by molar-refractivity contribution is 5.96. The molecule has 1 aromatic carbocycles. The summed E-state index contributed by atoms with van der Waals surface area (Å²) in [6.45, 7) is 4.85. The number of piperazine rings is 1. The minimum atomic E-state index is -0.294. The van der Waals surface area contributed by atoms with Gasteiger partial charge in [-0.3, -0.25) is 14.6 Å². The highest BCUT2D eigenvalue weighted by atomic mass is 16.5. The van der Waals surface area contributed by atoms with E-state index < -0.39 is 0 Å². The molecule has 0 aliphatic carbocycles. The number of amides is 2. The zero-order valence-electron chi connectivity index (χ0n) is 18.6. The molecule has 3 heterocycles. The number of rotatable bonds is 7. The van der Waals surface area contributed by atoms with Gasteiger partial charge in [-0.15, -0.1) is 0 Å². The standard InChI is InChI=1S/C25H27N5O3/c1-19-13-21(15-26-14-19)25(32)28-17-24(31)30-11-9-29(10-12-30)23-8-7-22(16-27-23)33-18-20-5-3-2-4-6-20/h2-8,13-16H,9-12,17-18H2,1H3,(H,28,32). The molecule has 0 bridgehead atoms. The SMILES string of the molecule is Cc1cncc(C(=O)NCC(=O)N2CCN(c3ccc(OCc4ccccc4)cn3)CC2)c1. The molecule has 1 fully saturated rings. The fraction of sp³-hybridized carbons (Fsp3) is 0.280. The third-order valence-corrected chi connectivity index (χ3v) is 5.46. The van der Waals surface area contributed by atoms with Crippen molar-refractivity contribution in [1.82, 2.24) is 20.2 Å². The van der Waals surface area contributed by atoms with E-state index in [1.54, 1.807) is 23.4 Å². The van der Waals surface area contributed by atoms with Gasteiger partial charge >= 0.3 is 0 Å². The molecule has 33 heavy (non-hydrogen) atoms. The highest BCUT2D eigenvalue weighted by Crippen LogP contribution is 2.18. The Morgan fingerprint density at radius 3 is 2.48 bits per heavy atom. The van der Waals surface area contributed by atoms with Gasteiger partial charge in [0.1, 0.15) is 18.2 Å². The topological polar surface area (TPSA) is 87.7 Å². The maximum atomic E-state index is 12.5. The third-order valence-electron chi connectivity index (χ3n) is 5.46. The average Bonchev–Trinajstić information content (AvgIpc) is 2.87. The van der Waals surface area contributed by atoms with Crippen LogP contribution in [0.1, 0.15) is 21.5 Å². The molecule has 3 aromatic rings. The molecule has 1 N–H and O–H groups in total. The maximum absolute atomic E-state index is 12.5. The number of anilines is 1. The number of hydrogen-bond donors (Lipinski definition) is 1. The van der Waals surface area contributed by atoms with Crippen molar-refractivity contribution in [3.05, 3.63) is 83.8 Å². The minimum Gasteiger partial charge on any atom is -0.487 e. The van der Waals surface area contributed by atoms with Crippen molar-refractivity contribution in [2.24, 2.45) is 0 Å². The van der Waals surface area contributed by atoms with E-state index in [4.69, 9.17) is 4.74 Å². The number of hydrogen-bond acceptors (Lipinski definition) is 6. The fourth-order valence-corrected chi connectivity index (χ4v) is 3.62. The second-order valence-electron chi connectivity index (χ2n) is 7.93. The van der Waals surface area contributed by atoms with Crippen LogP contribution in [0, 0.1) is 6.92 Å². The molecule has 8 nitrogen and oxygen atoms in total. The van der Waals surface area contributed by atoms with Crippen LogP contribution in [0.3, 0.4) is 0 Å². The third kappa shape index (κ3) is 6.06. The molecule has 0 atom stereocenters. The predicted octanol–water partition coefficient (Wildman–Crippen LogP) is 2.44. The van der Waals surface area contributed by atoms with Crippen molar-refractivity contribution in [2.45, 2.75) is 13.5 Å². The van der Waals surface area contributed by atoms with E-state index in [2.05, 4.69) is 20.2 Å². The Labute approximate surface area is 193 Å². The molecular weight excluding hydrogens is 418 g/mol. The lowest BCUT2D eigenvalue weighted by Crippen LogP contribution is -2.51. The molecule has 0 saturated carbocycles. The Morgan fingerprint density at radius 2 is 1.79 bits per heavy atom. The number of pyridine rings is 2. The van der Waals surface area contributed by atoms with Gasteiger partial charge in [-0.2, -0.15) is 0 Å². The zero-order chi connectivity index (χ0) is 23.0. The van der Waals surface area contributed by atoms with Crippen LogP contribution >= 0.6 is 0 Å². The molecule has 8 heteroatoms. The van der Waals surface area contributed by atoms with Crippen LogP contribution in [0.4, 0.5) is 5.82 Å². The van der Waals surface area contributed by atoms with Crippen molar-refractivity contribution in [1.29, 1.82) is 0 Å². The summed E-state index contributed by atoms with van der Waals surface area (Å²) in [5.41, 5.74) is 2.46. The van der Waals surface area contributed by atoms with Gasteiger partial charge in [0.15, 0.2) is 0 Å². The summed E-state index contributed by atoms with van der Waals surface area (Å²) in [7, 11) is 0. The van der Waals surface area contributed by atoms with Gasteiger partial charge in [-0.1, -0.05) is 30.3 Å². The molecule has 1 aliphatic rings. The Bertz CT molecular complexity index is 1080. The number of benzene rings is 1. The van der Waals surface area contributed by atoms with E-state index in [-0.39, 0.29) is 18.4 Å². The first-order valence-electron chi connectivity index (χ1n) is 10.9. The van der Waals surface area contributed by atoms with Crippen molar-refractivity contribution in [3.8, 4) is 5.75 Å². The van der Waals surface area contributed by atoms with Gasteiger partial charge in [0.2, 0.25) is 5.91 Å². The van der Waals surface area contributed by atoms with Gasteiger partial charge in [-0.05, 0) is 36.2 Å². The van der Waals surface area contributed by atoms with E-state index in [1.807, 2.05) is 49.4 Å². The van der Waals surface area contributed by atoms with Crippen LogP contribution in [-0.2, 0) is 11.4 Å². The minimum absolute atomic E-state index is 0.0293. The molecular formula is C25H27N5O3. The number of nitrogens with one attached hydrogen (secondary N) is 1. The summed E-state index contributed by atoms with van der Waals surface area (Å²) in [5, 5.41) is 2.69. The number of aromatic nitrogens is 2. The molecule has 2 amide bonds. The summed E-state index contributed by atoms with van der Waals surface area (Å²) < 4.78 is 5.80. The average molecular weight is 446 g/mol. The Kier molecular flexibility index (Phi) is 7.14. The van der Waals surface area contributed by atoms with Gasteiger partial charge < -0.3 is 19.9 Å². The first-order valence-corrected chi connectivity index (χ1v) is 10.9. The lowest BCUT2D eigenvalue weighted by Gasteiger charge is -2.35. The van der Waals surface area contributed by atoms with Crippen molar-refractivity contribution in [3.63, 3.8) is 0 Å². The zero-order valence-corrected chi connectivity index (χ0v) is 18.6. The molecule has 0 spiro atoms. The summed E-state index contributed by atoms with van der Waals surface area (Å²) >= 11 is 0. The lowest BCUT2D eigenvalue weighted by molar-refractivity contribution is -0.130. The molecule has 0 unspecified atom stereocenters. The monoisotopic (exact) mass is 445 g/mol. The van der Waals surface area contributed by atoms with Crippen LogP contribution < -0.4 is 15.0 Å². The van der Waals surface area contributed by atoms with Crippen molar-refractivity contribution >= 4 is 17.6 Å². The number of aryl methyl sites for hydroxylation is 1. The van der Waals surface area contributed by atoms with Crippen molar-refractivity contribution < 1.29 is 14.3 Å². The predicted molar refractivity (Wildman–Crippen MR) is 125 cm³/mol. The Morgan fingerprint density at radius 1 is 1.00 bits per heavy atom. The first-order chi connectivity index (χ1) is 16.1. The van der Waals surface area contributed by atoms with Gasteiger partial charge in [0, 0.05) is 38.6 Å². The summed E-state index contributed by atoms with van der Waals surface area (Å²) in [4.78, 5) is 37.2. The first kappa shape index (κ1) is 22.3. The smallest absolute Gasteiger partial charge is 0.253 e. The normalized spacial score (nSPS) is 13.5. The molecule has 170 valence electrons. The fourth-order valence-electron chi connectivity index (χ4n) is 3.62. The lowest BCUT2D eigenvalue weighted by atomic mass is 10.2. The van der Waals surface area contributed by atoms with Crippen LogP contribution in [-0.4, -0.2) is 59.4 Å². The van der Waals surface area contributed by atoms with E-state index in [1.165, 1.54) is 6.20 Å². The van der Waals surface area contributed by atoms with E-state index in [0.717, 1.165) is 22.7 Å². The quantitative estimate of drug-likeness (QED) is 0.601. The van der Waals surface area contributed by atoms with Crippen LogP contribution in [0.5, 0.6) is 5.75 Å². The number of nitrogens with zero attached hydrogens (tertiary/aromatic N) is 4. The number of carbonyl (C=O) groups excluding carboxylic acids is 2.